The molecule has 0 aromatic rings. The van der Waals surface area contributed by atoms with Crippen LogP contribution in [0.5, 0.6) is 0 Å². The molecule has 1 unspecified atom stereocenters. The van der Waals surface area contributed by atoms with Crippen molar-refractivity contribution in [3.63, 3.8) is 0 Å². The van der Waals surface area contributed by atoms with Gasteiger partial charge in [-0.2, -0.15) is 0 Å². The quantitative estimate of drug-likeness (QED) is 0.711. The Morgan fingerprint density at radius 1 is 1.71 bits per heavy atom. The fourth-order valence-electron chi connectivity index (χ4n) is 1.28. The molecule has 0 radical (unpaired) electrons. The van der Waals surface area contributed by atoms with Crippen molar-refractivity contribution in [3.05, 3.63) is 0 Å². The van der Waals surface area contributed by atoms with E-state index in [2.05, 4.69) is 10.1 Å². The summed E-state index contributed by atoms with van der Waals surface area (Å²) in [5.74, 6) is 0.818. The Hall–Kier alpha value is -0.710. The lowest BCUT2D eigenvalue weighted by Crippen LogP contribution is -2.36. The molecule has 1 saturated heterocycles. The zero-order valence-electron chi connectivity index (χ0n) is 8.25. The summed E-state index contributed by atoms with van der Waals surface area (Å²) >= 11 is 1.74. The van der Waals surface area contributed by atoms with Gasteiger partial charge in [0.05, 0.1) is 12.5 Å². The summed E-state index contributed by atoms with van der Waals surface area (Å²) in [4.78, 5) is 21.8. The van der Waals surface area contributed by atoms with E-state index in [4.69, 9.17) is 0 Å². The first kappa shape index (κ1) is 11.4. The van der Waals surface area contributed by atoms with Crippen LogP contribution in [0, 0.1) is 0 Å². The maximum atomic E-state index is 11.0. The summed E-state index contributed by atoms with van der Waals surface area (Å²) in [6.45, 7) is 0. The molecular weight excluding hydrogens is 202 g/mol. The van der Waals surface area contributed by atoms with Crippen LogP contribution in [0.2, 0.25) is 0 Å². The number of carbonyl (C=O) groups excluding carboxylic acids is 2. The van der Waals surface area contributed by atoms with E-state index >= 15 is 0 Å². The maximum absolute atomic E-state index is 11.0. The highest BCUT2D eigenvalue weighted by atomic mass is 32.2. The van der Waals surface area contributed by atoms with Crippen molar-refractivity contribution >= 4 is 23.6 Å². The number of rotatable bonds is 4. The van der Waals surface area contributed by atoms with Gasteiger partial charge in [-0.25, -0.2) is 0 Å². The van der Waals surface area contributed by atoms with E-state index in [9.17, 15) is 9.59 Å². The molecule has 1 fully saturated rings. The number of carbonyl (C=O) groups is 2. The summed E-state index contributed by atoms with van der Waals surface area (Å²) in [7, 11) is 1.39. The number of nitrogens with one attached hydrogen (secondary N) is 1. The van der Waals surface area contributed by atoms with Gasteiger partial charge in [-0.15, -0.1) is 11.8 Å². The average Bonchev–Trinajstić information content (AvgIpc) is 2.17. The average molecular weight is 217 g/mol. The van der Waals surface area contributed by atoms with Crippen LogP contribution in [0.4, 0.5) is 0 Å². The Morgan fingerprint density at radius 2 is 2.50 bits per heavy atom. The molecule has 1 amide bonds. The summed E-state index contributed by atoms with van der Waals surface area (Å²) in [5, 5.41) is 3.06. The number of hydrogen-bond acceptors (Lipinski definition) is 4. The van der Waals surface area contributed by atoms with Crippen LogP contribution in [0.1, 0.15) is 25.7 Å². The van der Waals surface area contributed by atoms with Gasteiger partial charge in [0.1, 0.15) is 0 Å². The molecule has 0 saturated carbocycles. The van der Waals surface area contributed by atoms with Gasteiger partial charge in [-0.3, -0.25) is 9.59 Å². The Morgan fingerprint density at radius 3 is 3.14 bits per heavy atom. The number of hydrogen-bond donors (Lipinski definition) is 1. The van der Waals surface area contributed by atoms with Crippen molar-refractivity contribution in [1.29, 1.82) is 0 Å². The highest BCUT2D eigenvalue weighted by Crippen LogP contribution is 2.19. The van der Waals surface area contributed by atoms with E-state index in [-0.39, 0.29) is 17.3 Å². The lowest BCUT2D eigenvalue weighted by atomic mass is 10.2. The van der Waals surface area contributed by atoms with Crippen molar-refractivity contribution in [2.24, 2.45) is 0 Å². The van der Waals surface area contributed by atoms with Crippen molar-refractivity contribution in [2.45, 2.75) is 31.1 Å². The van der Waals surface area contributed by atoms with E-state index < -0.39 is 0 Å². The van der Waals surface area contributed by atoms with Crippen molar-refractivity contribution in [3.8, 4) is 0 Å². The minimum atomic E-state index is -0.183. The van der Waals surface area contributed by atoms with Gasteiger partial charge in [0.25, 0.3) is 0 Å². The van der Waals surface area contributed by atoms with Crippen LogP contribution in [-0.2, 0) is 14.3 Å². The first-order valence-electron chi connectivity index (χ1n) is 4.70. The molecule has 4 nitrogen and oxygen atoms in total. The van der Waals surface area contributed by atoms with Crippen molar-refractivity contribution < 1.29 is 14.3 Å². The number of thioether (sulfide) groups is 1. The minimum absolute atomic E-state index is 0.117. The molecule has 1 heterocycles. The first-order valence-corrected chi connectivity index (χ1v) is 5.75. The Labute approximate surface area is 87.8 Å². The predicted molar refractivity (Wildman–Crippen MR) is 54.9 cm³/mol. The smallest absolute Gasteiger partial charge is 0.305 e. The maximum Gasteiger partial charge on any atom is 0.305 e. The summed E-state index contributed by atoms with van der Waals surface area (Å²) in [6.07, 6.45) is 2.65. The van der Waals surface area contributed by atoms with Gasteiger partial charge in [0.15, 0.2) is 0 Å². The molecule has 0 aromatic heterocycles. The van der Waals surface area contributed by atoms with Crippen molar-refractivity contribution in [2.75, 3.05) is 12.9 Å². The molecule has 0 spiro atoms. The van der Waals surface area contributed by atoms with E-state index in [1.165, 1.54) is 7.11 Å². The number of esters is 1. The Bertz CT molecular complexity index is 220. The molecule has 1 atom stereocenters. The normalized spacial score (nSPS) is 21.5. The molecule has 80 valence electrons. The van der Waals surface area contributed by atoms with Crippen LogP contribution in [0.3, 0.4) is 0 Å². The molecule has 1 aliphatic rings. The number of ether oxygens (including phenoxy) is 1. The molecule has 1 N–H and O–H groups in total. The second-order valence-electron chi connectivity index (χ2n) is 3.15. The van der Waals surface area contributed by atoms with Crippen LogP contribution in [0.15, 0.2) is 0 Å². The van der Waals surface area contributed by atoms with Gasteiger partial charge in [-0.1, -0.05) is 0 Å². The van der Waals surface area contributed by atoms with Gasteiger partial charge in [-0.05, 0) is 12.8 Å². The lowest BCUT2D eigenvalue weighted by Gasteiger charge is -2.22. The third kappa shape index (κ3) is 4.00. The molecule has 0 bridgehead atoms. The SMILES string of the molecule is COC(=O)CCCC1NC(=O)CCS1. The molecule has 0 aliphatic carbocycles. The highest BCUT2D eigenvalue weighted by Gasteiger charge is 2.18. The number of methoxy groups -OCH3 is 1. The fraction of sp³-hybridized carbons (Fsp3) is 0.778. The summed E-state index contributed by atoms with van der Waals surface area (Å²) in [5.41, 5.74) is 0. The fourth-order valence-corrected chi connectivity index (χ4v) is 2.41. The second kappa shape index (κ2) is 5.90. The van der Waals surface area contributed by atoms with Gasteiger partial charge < -0.3 is 10.1 Å². The second-order valence-corrected chi connectivity index (χ2v) is 4.46. The third-order valence-corrected chi connectivity index (χ3v) is 3.24. The van der Waals surface area contributed by atoms with Gasteiger partial charge in [0.2, 0.25) is 5.91 Å². The predicted octanol–water partition coefficient (Wildman–Crippen LogP) is 0.909. The minimum Gasteiger partial charge on any atom is -0.469 e. The van der Waals surface area contributed by atoms with Gasteiger partial charge in [0, 0.05) is 18.6 Å². The number of amides is 1. The van der Waals surface area contributed by atoms with E-state index in [0.717, 1.165) is 18.6 Å². The molecule has 1 aliphatic heterocycles. The topological polar surface area (TPSA) is 55.4 Å². The van der Waals surface area contributed by atoms with Crippen LogP contribution in [0.25, 0.3) is 0 Å². The Balaban J connectivity index is 2.11. The first-order chi connectivity index (χ1) is 6.72. The zero-order valence-corrected chi connectivity index (χ0v) is 9.06. The van der Waals surface area contributed by atoms with Crippen LogP contribution in [-0.4, -0.2) is 30.1 Å². The molecule has 1 rings (SSSR count). The summed E-state index contributed by atoms with van der Waals surface area (Å²) in [6, 6.07) is 0. The lowest BCUT2D eigenvalue weighted by molar-refractivity contribution is -0.140. The molecule has 14 heavy (non-hydrogen) atoms. The van der Waals surface area contributed by atoms with Gasteiger partial charge >= 0.3 is 5.97 Å². The van der Waals surface area contributed by atoms with E-state index in [1.54, 1.807) is 11.8 Å². The molecule has 0 aromatic carbocycles. The molecule has 5 heteroatoms. The molecular formula is C9H15NO3S. The highest BCUT2D eigenvalue weighted by molar-refractivity contribution is 8.00. The van der Waals surface area contributed by atoms with Crippen molar-refractivity contribution in [1.82, 2.24) is 5.32 Å². The van der Waals surface area contributed by atoms with Crippen LogP contribution >= 0.6 is 11.8 Å². The Kier molecular flexibility index (Phi) is 4.79. The third-order valence-electron chi connectivity index (χ3n) is 2.05. The zero-order chi connectivity index (χ0) is 10.4. The standard InChI is InChI=1S/C9H15NO3S/c1-13-9(12)4-2-3-8-10-7(11)5-6-14-8/h8H,2-6H2,1H3,(H,10,11). The van der Waals surface area contributed by atoms with Crippen LogP contribution < -0.4 is 5.32 Å². The van der Waals surface area contributed by atoms with E-state index in [1.807, 2.05) is 0 Å². The van der Waals surface area contributed by atoms with E-state index in [0.29, 0.717) is 12.8 Å². The summed E-state index contributed by atoms with van der Waals surface area (Å²) < 4.78 is 4.53. The monoisotopic (exact) mass is 217 g/mol. The largest absolute Gasteiger partial charge is 0.469 e.